The average Bonchev–Trinajstić information content (AvgIpc) is 3.15. The van der Waals surface area contributed by atoms with E-state index in [2.05, 4.69) is 31.4 Å². The van der Waals surface area contributed by atoms with Gasteiger partial charge in [0.1, 0.15) is 5.03 Å². The van der Waals surface area contributed by atoms with Crippen LogP contribution in [-0.2, 0) is 4.79 Å². The SMILES string of the molecule is O=C(CSc1ccc(-c2ccc(Br)cc2)nn1)Nc1ccc2c(c1)OCO2. The van der Waals surface area contributed by atoms with Gasteiger partial charge in [-0.25, -0.2) is 0 Å². The molecule has 2 heterocycles. The Labute approximate surface area is 168 Å². The number of hydrogen-bond acceptors (Lipinski definition) is 6. The lowest BCUT2D eigenvalue weighted by molar-refractivity contribution is -0.113. The highest BCUT2D eigenvalue weighted by atomic mass is 79.9. The molecule has 1 amide bonds. The summed E-state index contributed by atoms with van der Waals surface area (Å²) in [6, 6.07) is 16.9. The summed E-state index contributed by atoms with van der Waals surface area (Å²) in [5.74, 6) is 1.43. The zero-order chi connectivity index (χ0) is 18.6. The predicted octanol–water partition coefficient (Wildman–Crippen LogP) is 4.37. The Balaban J connectivity index is 1.33. The van der Waals surface area contributed by atoms with Crippen molar-refractivity contribution in [2.24, 2.45) is 0 Å². The van der Waals surface area contributed by atoms with Crippen molar-refractivity contribution in [2.75, 3.05) is 17.9 Å². The second kappa shape index (κ2) is 7.98. The van der Waals surface area contributed by atoms with E-state index in [1.54, 1.807) is 18.2 Å². The van der Waals surface area contributed by atoms with Crippen molar-refractivity contribution < 1.29 is 14.3 Å². The number of carbonyl (C=O) groups excluding carboxylic acids is 1. The van der Waals surface area contributed by atoms with Crippen molar-refractivity contribution in [1.29, 1.82) is 0 Å². The van der Waals surface area contributed by atoms with Crippen LogP contribution in [0.2, 0.25) is 0 Å². The average molecular weight is 444 g/mol. The van der Waals surface area contributed by atoms with Gasteiger partial charge in [-0.3, -0.25) is 4.79 Å². The van der Waals surface area contributed by atoms with Crippen molar-refractivity contribution in [3.8, 4) is 22.8 Å². The minimum Gasteiger partial charge on any atom is -0.454 e. The molecule has 4 rings (SSSR count). The summed E-state index contributed by atoms with van der Waals surface area (Å²) in [6.45, 7) is 0.206. The molecule has 0 unspecified atom stereocenters. The first-order valence-electron chi connectivity index (χ1n) is 8.09. The molecule has 136 valence electrons. The maximum atomic E-state index is 12.1. The van der Waals surface area contributed by atoms with Gasteiger partial charge in [-0.1, -0.05) is 39.8 Å². The molecule has 8 heteroatoms. The van der Waals surface area contributed by atoms with Crippen molar-refractivity contribution in [3.63, 3.8) is 0 Å². The van der Waals surface area contributed by atoms with Crippen molar-refractivity contribution in [1.82, 2.24) is 10.2 Å². The lowest BCUT2D eigenvalue weighted by atomic mass is 10.1. The molecule has 0 radical (unpaired) electrons. The summed E-state index contributed by atoms with van der Waals surface area (Å²) in [4.78, 5) is 12.1. The van der Waals surface area contributed by atoms with Crippen molar-refractivity contribution in [3.05, 3.63) is 59.1 Å². The normalized spacial score (nSPS) is 12.0. The number of nitrogens with one attached hydrogen (secondary N) is 1. The Morgan fingerprint density at radius 3 is 2.63 bits per heavy atom. The molecule has 0 saturated heterocycles. The standard InChI is InChI=1S/C19H14BrN3O3S/c20-13-3-1-12(2-4-13)15-6-8-19(23-22-15)27-10-18(24)21-14-5-7-16-17(9-14)26-11-25-16/h1-9H,10-11H2,(H,21,24). The van der Waals surface area contributed by atoms with Crippen LogP contribution >= 0.6 is 27.7 Å². The van der Waals surface area contributed by atoms with Crippen molar-refractivity contribution >= 4 is 39.3 Å². The second-order valence-corrected chi connectivity index (χ2v) is 7.58. The van der Waals surface area contributed by atoms with Crippen LogP contribution in [0.25, 0.3) is 11.3 Å². The predicted molar refractivity (Wildman–Crippen MR) is 107 cm³/mol. The molecule has 0 fully saturated rings. The van der Waals surface area contributed by atoms with Crippen LogP contribution in [-0.4, -0.2) is 28.7 Å². The zero-order valence-corrected chi connectivity index (χ0v) is 16.4. The highest BCUT2D eigenvalue weighted by Gasteiger charge is 2.14. The quantitative estimate of drug-likeness (QED) is 0.590. The lowest BCUT2D eigenvalue weighted by Crippen LogP contribution is -2.14. The van der Waals surface area contributed by atoms with Crippen LogP contribution in [0.3, 0.4) is 0 Å². The smallest absolute Gasteiger partial charge is 0.234 e. The number of thioether (sulfide) groups is 1. The fourth-order valence-electron chi connectivity index (χ4n) is 2.48. The first kappa shape index (κ1) is 17.8. The number of ether oxygens (including phenoxy) is 2. The van der Waals surface area contributed by atoms with Crippen LogP contribution in [0.1, 0.15) is 0 Å². The van der Waals surface area contributed by atoms with Crippen LogP contribution in [0.15, 0.2) is 64.1 Å². The second-order valence-electron chi connectivity index (χ2n) is 5.67. The third kappa shape index (κ3) is 4.40. The molecule has 27 heavy (non-hydrogen) atoms. The summed E-state index contributed by atoms with van der Waals surface area (Å²) in [5.41, 5.74) is 2.45. The van der Waals surface area contributed by atoms with Gasteiger partial charge >= 0.3 is 0 Å². The lowest BCUT2D eigenvalue weighted by Gasteiger charge is -2.06. The van der Waals surface area contributed by atoms with Crippen LogP contribution in [0.5, 0.6) is 11.5 Å². The minimum absolute atomic E-state index is 0.127. The zero-order valence-electron chi connectivity index (χ0n) is 14.0. The summed E-state index contributed by atoms with van der Waals surface area (Å²) in [6.07, 6.45) is 0. The first-order valence-corrected chi connectivity index (χ1v) is 9.87. The molecular formula is C19H14BrN3O3S. The third-order valence-corrected chi connectivity index (χ3v) is 5.24. The fourth-order valence-corrected chi connectivity index (χ4v) is 3.36. The number of anilines is 1. The van der Waals surface area contributed by atoms with Gasteiger partial charge in [0.25, 0.3) is 0 Å². The van der Waals surface area contributed by atoms with Crippen LogP contribution in [0, 0.1) is 0 Å². The third-order valence-electron chi connectivity index (χ3n) is 3.79. The molecule has 0 aliphatic carbocycles. The maximum Gasteiger partial charge on any atom is 0.234 e. The highest BCUT2D eigenvalue weighted by Crippen LogP contribution is 2.34. The number of carbonyl (C=O) groups is 1. The minimum atomic E-state index is -0.127. The number of fused-ring (bicyclic) bond motifs is 1. The van der Waals surface area contributed by atoms with Gasteiger partial charge in [-0.15, -0.1) is 10.2 Å². The number of halogens is 1. The van der Waals surface area contributed by atoms with E-state index in [1.165, 1.54) is 11.8 Å². The van der Waals surface area contributed by atoms with Crippen molar-refractivity contribution in [2.45, 2.75) is 5.03 Å². The monoisotopic (exact) mass is 443 g/mol. The van der Waals surface area contributed by atoms with Gasteiger partial charge in [-0.2, -0.15) is 0 Å². The summed E-state index contributed by atoms with van der Waals surface area (Å²) >= 11 is 4.74. The summed E-state index contributed by atoms with van der Waals surface area (Å²) < 4.78 is 11.6. The molecule has 6 nitrogen and oxygen atoms in total. The Morgan fingerprint density at radius 2 is 1.85 bits per heavy atom. The van der Waals surface area contributed by atoms with E-state index in [0.717, 1.165) is 15.7 Å². The molecular weight excluding hydrogens is 430 g/mol. The molecule has 2 aromatic carbocycles. The number of benzene rings is 2. The molecule has 1 aliphatic heterocycles. The molecule has 0 atom stereocenters. The Hall–Kier alpha value is -2.58. The number of amides is 1. The van der Waals surface area contributed by atoms with E-state index in [9.17, 15) is 4.79 Å². The van der Waals surface area contributed by atoms with E-state index in [-0.39, 0.29) is 18.5 Å². The van der Waals surface area contributed by atoms with Crippen LogP contribution in [0.4, 0.5) is 5.69 Å². The van der Waals surface area contributed by atoms with Gasteiger partial charge in [0.15, 0.2) is 11.5 Å². The molecule has 3 aromatic rings. The van der Waals surface area contributed by atoms with Gasteiger partial charge < -0.3 is 14.8 Å². The van der Waals surface area contributed by atoms with E-state index < -0.39 is 0 Å². The summed E-state index contributed by atoms with van der Waals surface area (Å²) in [5, 5.41) is 11.9. The number of hydrogen-bond donors (Lipinski definition) is 1. The Bertz CT molecular complexity index is 965. The molecule has 1 aliphatic rings. The highest BCUT2D eigenvalue weighted by molar-refractivity contribution is 9.10. The fraction of sp³-hybridized carbons (Fsp3) is 0.105. The molecule has 1 N–H and O–H groups in total. The van der Waals surface area contributed by atoms with Gasteiger partial charge in [-0.05, 0) is 36.4 Å². The molecule has 0 bridgehead atoms. The number of aromatic nitrogens is 2. The van der Waals surface area contributed by atoms with E-state index in [4.69, 9.17) is 9.47 Å². The van der Waals surface area contributed by atoms with E-state index in [1.807, 2.05) is 36.4 Å². The topological polar surface area (TPSA) is 73.3 Å². The van der Waals surface area contributed by atoms with Gasteiger partial charge in [0.05, 0.1) is 11.4 Å². The van der Waals surface area contributed by atoms with E-state index in [0.29, 0.717) is 22.2 Å². The van der Waals surface area contributed by atoms with Gasteiger partial charge in [0, 0.05) is 21.8 Å². The Kier molecular flexibility index (Phi) is 5.26. The maximum absolute atomic E-state index is 12.1. The first-order chi connectivity index (χ1) is 13.2. The molecule has 0 saturated carbocycles. The largest absolute Gasteiger partial charge is 0.454 e. The molecule has 0 spiro atoms. The Morgan fingerprint density at radius 1 is 1.04 bits per heavy atom. The van der Waals surface area contributed by atoms with E-state index >= 15 is 0 Å². The van der Waals surface area contributed by atoms with Crippen LogP contribution < -0.4 is 14.8 Å². The molecule has 1 aromatic heterocycles. The summed E-state index contributed by atoms with van der Waals surface area (Å²) in [7, 11) is 0. The number of nitrogens with zero attached hydrogens (tertiary/aromatic N) is 2. The van der Waals surface area contributed by atoms with Gasteiger partial charge in [0.2, 0.25) is 12.7 Å². The number of rotatable bonds is 5.